The fourth-order valence-electron chi connectivity index (χ4n) is 2.99. The van der Waals surface area contributed by atoms with Gasteiger partial charge in [-0.25, -0.2) is 0 Å². The molecule has 0 radical (unpaired) electrons. The van der Waals surface area contributed by atoms with Crippen molar-refractivity contribution < 1.29 is 4.74 Å². The molecule has 92 valence electrons. The van der Waals surface area contributed by atoms with Crippen LogP contribution < -0.4 is 10.5 Å². The highest BCUT2D eigenvalue weighted by Crippen LogP contribution is 2.65. The maximum atomic E-state index is 6.46. The first-order valence-electron chi connectivity index (χ1n) is 6.62. The van der Waals surface area contributed by atoms with Gasteiger partial charge in [-0.15, -0.1) is 0 Å². The molecule has 2 heteroatoms. The molecule has 2 N–H and O–H groups in total. The van der Waals surface area contributed by atoms with E-state index in [4.69, 9.17) is 10.5 Å². The third kappa shape index (κ3) is 1.66. The van der Waals surface area contributed by atoms with Crippen molar-refractivity contribution in [2.24, 2.45) is 5.73 Å². The summed E-state index contributed by atoms with van der Waals surface area (Å²) >= 11 is 0. The Hall–Kier alpha value is -1.02. The summed E-state index contributed by atoms with van der Waals surface area (Å²) in [5.74, 6) is 1.04. The lowest BCUT2D eigenvalue weighted by molar-refractivity contribution is 0.236. The number of para-hydroxylation sites is 1. The first-order valence-corrected chi connectivity index (χ1v) is 6.62. The summed E-state index contributed by atoms with van der Waals surface area (Å²) in [7, 11) is 0. The van der Waals surface area contributed by atoms with E-state index in [9.17, 15) is 0 Å². The number of nitrogens with two attached hydrogens (primary N) is 1. The van der Waals surface area contributed by atoms with Crippen molar-refractivity contribution in [2.45, 2.75) is 56.6 Å². The van der Waals surface area contributed by atoms with Crippen LogP contribution in [0.5, 0.6) is 5.75 Å². The van der Waals surface area contributed by atoms with Gasteiger partial charge in [0.1, 0.15) is 5.75 Å². The van der Waals surface area contributed by atoms with Gasteiger partial charge in [-0.05, 0) is 45.6 Å². The second kappa shape index (κ2) is 3.49. The Morgan fingerprint density at radius 1 is 1.12 bits per heavy atom. The van der Waals surface area contributed by atoms with Crippen LogP contribution in [0.15, 0.2) is 24.3 Å². The third-order valence-electron chi connectivity index (χ3n) is 4.26. The van der Waals surface area contributed by atoms with Crippen LogP contribution in [0.1, 0.15) is 45.1 Å². The maximum absolute atomic E-state index is 6.46. The number of hydrogen-bond donors (Lipinski definition) is 1. The standard InChI is InChI=1S/C15H21NO/c1-11(2)17-13-6-4-3-5-12(13)14(7-8-14)15(16)9-10-15/h3-6,11H,7-10,16H2,1-2H3. The average molecular weight is 231 g/mol. The highest BCUT2D eigenvalue weighted by atomic mass is 16.5. The number of ether oxygens (including phenoxy) is 1. The predicted molar refractivity (Wildman–Crippen MR) is 69.3 cm³/mol. The lowest BCUT2D eigenvalue weighted by atomic mass is 9.85. The second-order valence-electron chi connectivity index (χ2n) is 5.90. The summed E-state index contributed by atoms with van der Waals surface area (Å²) in [6.45, 7) is 4.15. The van der Waals surface area contributed by atoms with Gasteiger partial charge in [-0.2, -0.15) is 0 Å². The van der Waals surface area contributed by atoms with Crippen molar-refractivity contribution in [3.05, 3.63) is 29.8 Å². The maximum Gasteiger partial charge on any atom is 0.123 e. The van der Waals surface area contributed by atoms with E-state index >= 15 is 0 Å². The molecule has 0 aliphatic heterocycles. The van der Waals surface area contributed by atoms with Gasteiger partial charge in [0.05, 0.1) is 6.10 Å². The molecule has 2 aliphatic carbocycles. The molecule has 0 amide bonds. The zero-order valence-electron chi connectivity index (χ0n) is 10.7. The first kappa shape index (κ1) is 11.1. The summed E-state index contributed by atoms with van der Waals surface area (Å²) in [4.78, 5) is 0. The second-order valence-corrected chi connectivity index (χ2v) is 5.90. The Bertz CT molecular complexity index is 430. The number of rotatable bonds is 4. The molecule has 2 aliphatic rings. The van der Waals surface area contributed by atoms with Crippen LogP contribution in [0, 0.1) is 0 Å². The molecule has 0 unspecified atom stereocenters. The van der Waals surface area contributed by atoms with E-state index in [1.165, 1.54) is 31.2 Å². The van der Waals surface area contributed by atoms with Crippen molar-refractivity contribution >= 4 is 0 Å². The molecule has 2 nitrogen and oxygen atoms in total. The molecule has 1 aromatic carbocycles. The molecule has 0 spiro atoms. The van der Waals surface area contributed by atoms with Crippen LogP contribution in [0.2, 0.25) is 0 Å². The smallest absolute Gasteiger partial charge is 0.123 e. The van der Waals surface area contributed by atoms with E-state index in [0.717, 1.165) is 5.75 Å². The Labute approximate surface area is 103 Å². The van der Waals surface area contributed by atoms with Crippen LogP contribution in [0.4, 0.5) is 0 Å². The lowest BCUT2D eigenvalue weighted by Gasteiger charge is -2.26. The van der Waals surface area contributed by atoms with Crippen molar-refractivity contribution in [1.82, 2.24) is 0 Å². The van der Waals surface area contributed by atoms with Crippen molar-refractivity contribution in [3.8, 4) is 5.75 Å². The molecule has 2 fully saturated rings. The highest BCUT2D eigenvalue weighted by molar-refractivity contribution is 5.48. The van der Waals surface area contributed by atoms with Gasteiger partial charge in [0, 0.05) is 16.5 Å². The average Bonchev–Trinajstić information content (AvgIpc) is 3.14. The van der Waals surface area contributed by atoms with E-state index in [1.807, 2.05) is 6.07 Å². The summed E-state index contributed by atoms with van der Waals surface area (Å²) in [5, 5.41) is 0. The van der Waals surface area contributed by atoms with Gasteiger partial charge in [0.15, 0.2) is 0 Å². The van der Waals surface area contributed by atoms with Crippen LogP contribution in [-0.2, 0) is 5.41 Å². The highest BCUT2D eigenvalue weighted by Gasteiger charge is 2.64. The number of benzene rings is 1. The molecule has 2 saturated carbocycles. The zero-order chi connectivity index (χ0) is 12.1. The van der Waals surface area contributed by atoms with Crippen molar-refractivity contribution in [2.75, 3.05) is 0 Å². The quantitative estimate of drug-likeness (QED) is 0.864. The summed E-state index contributed by atoms with van der Waals surface area (Å²) in [6, 6.07) is 8.44. The largest absolute Gasteiger partial charge is 0.491 e. The topological polar surface area (TPSA) is 35.2 Å². The summed E-state index contributed by atoms with van der Waals surface area (Å²) in [6.07, 6.45) is 5.01. The van der Waals surface area contributed by atoms with Crippen molar-refractivity contribution in [3.63, 3.8) is 0 Å². The first-order chi connectivity index (χ1) is 8.07. The monoisotopic (exact) mass is 231 g/mol. The molecule has 1 aromatic rings. The van der Waals surface area contributed by atoms with Crippen LogP contribution in [-0.4, -0.2) is 11.6 Å². The fourth-order valence-corrected chi connectivity index (χ4v) is 2.99. The van der Waals surface area contributed by atoms with Gasteiger partial charge >= 0.3 is 0 Å². The van der Waals surface area contributed by atoms with E-state index in [-0.39, 0.29) is 17.1 Å². The van der Waals surface area contributed by atoms with Gasteiger partial charge in [-0.1, -0.05) is 18.2 Å². The van der Waals surface area contributed by atoms with Gasteiger partial charge in [0.25, 0.3) is 0 Å². The van der Waals surface area contributed by atoms with Crippen LogP contribution >= 0.6 is 0 Å². The molecule has 0 aromatic heterocycles. The fraction of sp³-hybridized carbons (Fsp3) is 0.600. The van der Waals surface area contributed by atoms with Gasteiger partial charge in [0.2, 0.25) is 0 Å². The Morgan fingerprint density at radius 2 is 1.76 bits per heavy atom. The normalized spacial score (nSPS) is 23.5. The van der Waals surface area contributed by atoms with E-state index in [1.54, 1.807) is 0 Å². The van der Waals surface area contributed by atoms with Crippen molar-refractivity contribution in [1.29, 1.82) is 0 Å². The Morgan fingerprint density at radius 3 is 2.29 bits per heavy atom. The van der Waals surface area contributed by atoms with E-state index < -0.39 is 0 Å². The molecule has 3 rings (SSSR count). The zero-order valence-corrected chi connectivity index (χ0v) is 10.7. The molecular formula is C15H21NO. The summed E-state index contributed by atoms with van der Waals surface area (Å²) < 4.78 is 5.94. The van der Waals surface area contributed by atoms with Crippen LogP contribution in [0.25, 0.3) is 0 Å². The van der Waals surface area contributed by atoms with Gasteiger partial charge < -0.3 is 10.5 Å². The minimum Gasteiger partial charge on any atom is -0.491 e. The molecule has 0 saturated heterocycles. The Balaban J connectivity index is 1.97. The lowest BCUT2D eigenvalue weighted by Crippen LogP contribution is -2.37. The Kier molecular flexibility index (Phi) is 2.27. The van der Waals surface area contributed by atoms with Gasteiger partial charge in [-0.3, -0.25) is 0 Å². The predicted octanol–water partition coefficient (Wildman–Crippen LogP) is 3.00. The molecule has 17 heavy (non-hydrogen) atoms. The molecule has 0 heterocycles. The minimum atomic E-state index is 0.0590. The summed E-state index contributed by atoms with van der Waals surface area (Å²) in [5.41, 5.74) is 8.08. The molecule has 0 bridgehead atoms. The molecule has 0 atom stereocenters. The third-order valence-corrected chi connectivity index (χ3v) is 4.26. The van der Waals surface area contributed by atoms with Crippen LogP contribution in [0.3, 0.4) is 0 Å². The van der Waals surface area contributed by atoms with E-state index in [0.29, 0.717) is 0 Å². The number of hydrogen-bond acceptors (Lipinski definition) is 2. The SMILES string of the molecule is CC(C)Oc1ccccc1C1(C2(N)CC2)CC1. The molecular weight excluding hydrogens is 210 g/mol. The van der Waals surface area contributed by atoms with E-state index in [2.05, 4.69) is 32.0 Å². The minimum absolute atomic E-state index is 0.0590.